The van der Waals surface area contributed by atoms with E-state index < -0.39 is 0 Å². The number of aromatic nitrogens is 2. The van der Waals surface area contributed by atoms with Crippen molar-refractivity contribution in [3.63, 3.8) is 0 Å². The molecule has 0 aliphatic heterocycles. The van der Waals surface area contributed by atoms with Gasteiger partial charge in [-0.15, -0.1) is 0 Å². The van der Waals surface area contributed by atoms with Gasteiger partial charge in [-0.3, -0.25) is 9.89 Å². The Morgan fingerprint density at radius 1 is 1.44 bits per heavy atom. The normalized spacial score (nSPS) is 10.1. The van der Waals surface area contributed by atoms with Gasteiger partial charge in [-0.2, -0.15) is 5.10 Å². The minimum atomic E-state index is -0.146. The van der Waals surface area contributed by atoms with Crippen LogP contribution >= 0.6 is 0 Å². The van der Waals surface area contributed by atoms with Crippen LogP contribution in [0, 0.1) is 6.92 Å². The van der Waals surface area contributed by atoms with E-state index in [0.29, 0.717) is 11.3 Å². The largest absolute Gasteiger partial charge is 0.385 e. The van der Waals surface area contributed by atoms with Crippen molar-refractivity contribution >= 4 is 17.3 Å². The van der Waals surface area contributed by atoms with E-state index in [1.165, 1.54) is 0 Å². The molecule has 0 bridgehead atoms. The Kier molecular flexibility index (Phi) is 3.62. The minimum absolute atomic E-state index is 0.146. The number of aromatic amines is 1. The molecule has 1 aromatic heterocycles. The van der Waals surface area contributed by atoms with Crippen molar-refractivity contribution in [2.24, 2.45) is 0 Å². The first-order valence-corrected chi connectivity index (χ1v) is 5.85. The van der Waals surface area contributed by atoms with Crippen LogP contribution in [0.25, 0.3) is 0 Å². The third kappa shape index (κ3) is 2.68. The van der Waals surface area contributed by atoms with Crippen LogP contribution in [0.15, 0.2) is 30.6 Å². The van der Waals surface area contributed by atoms with Crippen molar-refractivity contribution < 1.29 is 4.79 Å². The molecule has 0 aliphatic carbocycles. The van der Waals surface area contributed by atoms with Crippen molar-refractivity contribution in [3.05, 3.63) is 41.7 Å². The molecule has 1 amide bonds. The second-order valence-electron chi connectivity index (χ2n) is 4.02. The summed E-state index contributed by atoms with van der Waals surface area (Å²) in [7, 11) is 0. The topological polar surface area (TPSA) is 69.8 Å². The van der Waals surface area contributed by atoms with Crippen molar-refractivity contribution in [2.45, 2.75) is 13.8 Å². The predicted molar refractivity (Wildman–Crippen MR) is 71.9 cm³/mol. The van der Waals surface area contributed by atoms with Gasteiger partial charge in [-0.25, -0.2) is 0 Å². The number of anilines is 2. The number of aryl methyl sites for hydroxylation is 1. The zero-order valence-electron chi connectivity index (χ0n) is 10.4. The van der Waals surface area contributed by atoms with Crippen LogP contribution in [-0.2, 0) is 0 Å². The molecule has 0 fully saturated rings. The molecule has 5 heteroatoms. The van der Waals surface area contributed by atoms with Gasteiger partial charge in [-0.05, 0) is 31.5 Å². The Balaban J connectivity index is 2.23. The van der Waals surface area contributed by atoms with Crippen molar-refractivity contribution in [1.29, 1.82) is 0 Å². The highest BCUT2D eigenvalue weighted by molar-refractivity contribution is 6.08. The van der Waals surface area contributed by atoms with Crippen LogP contribution in [0.5, 0.6) is 0 Å². The zero-order valence-corrected chi connectivity index (χ0v) is 10.4. The summed E-state index contributed by atoms with van der Waals surface area (Å²) in [5.41, 5.74) is 3.25. The molecular formula is C13H16N4O. The van der Waals surface area contributed by atoms with Crippen molar-refractivity contribution in [2.75, 3.05) is 17.2 Å². The maximum absolute atomic E-state index is 12.1. The molecule has 94 valence electrons. The Hall–Kier alpha value is -2.30. The second-order valence-corrected chi connectivity index (χ2v) is 4.02. The molecule has 0 saturated heterocycles. The number of H-pyrrole nitrogens is 1. The summed E-state index contributed by atoms with van der Waals surface area (Å²) < 4.78 is 0. The Morgan fingerprint density at radius 2 is 2.28 bits per heavy atom. The zero-order chi connectivity index (χ0) is 13.0. The number of nitrogens with one attached hydrogen (secondary N) is 3. The highest BCUT2D eigenvalue weighted by Crippen LogP contribution is 2.19. The number of hydrogen-bond acceptors (Lipinski definition) is 3. The van der Waals surface area contributed by atoms with E-state index >= 15 is 0 Å². The standard InChI is InChI=1S/C13H16N4O/c1-3-14-12-6-9(2)4-5-11(12)13(18)17-10-7-15-16-8-10/h4-8,14H,3H2,1-2H3,(H,15,16)(H,17,18). The van der Waals surface area contributed by atoms with Gasteiger partial charge in [0.25, 0.3) is 5.91 Å². The van der Waals surface area contributed by atoms with Gasteiger partial charge >= 0.3 is 0 Å². The van der Waals surface area contributed by atoms with Crippen molar-refractivity contribution in [1.82, 2.24) is 10.2 Å². The van der Waals surface area contributed by atoms with E-state index in [-0.39, 0.29) is 5.91 Å². The molecule has 0 atom stereocenters. The van der Waals surface area contributed by atoms with Crippen LogP contribution in [0.1, 0.15) is 22.8 Å². The molecule has 18 heavy (non-hydrogen) atoms. The van der Waals surface area contributed by atoms with Crippen LogP contribution < -0.4 is 10.6 Å². The molecule has 0 unspecified atom stereocenters. The number of carbonyl (C=O) groups excluding carboxylic acids is 1. The van der Waals surface area contributed by atoms with Crippen LogP contribution in [0.2, 0.25) is 0 Å². The number of rotatable bonds is 4. The lowest BCUT2D eigenvalue weighted by molar-refractivity contribution is 0.102. The van der Waals surface area contributed by atoms with Gasteiger partial charge in [0.2, 0.25) is 0 Å². The number of carbonyl (C=O) groups is 1. The third-order valence-corrected chi connectivity index (χ3v) is 2.54. The summed E-state index contributed by atoms with van der Waals surface area (Å²) in [4.78, 5) is 12.1. The summed E-state index contributed by atoms with van der Waals surface area (Å²) in [6.07, 6.45) is 3.21. The molecule has 5 nitrogen and oxygen atoms in total. The van der Waals surface area contributed by atoms with Gasteiger partial charge in [0, 0.05) is 18.4 Å². The maximum atomic E-state index is 12.1. The summed E-state index contributed by atoms with van der Waals surface area (Å²) >= 11 is 0. The van der Waals surface area contributed by atoms with Crippen LogP contribution in [0.4, 0.5) is 11.4 Å². The molecule has 1 aromatic carbocycles. The van der Waals surface area contributed by atoms with Crippen LogP contribution in [-0.4, -0.2) is 22.6 Å². The summed E-state index contributed by atoms with van der Waals surface area (Å²) in [5, 5.41) is 12.4. The Labute approximate surface area is 106 Å². The first-order valence-electron chi connectivity index (χ1n) is 5.85. The molecule has 2 aromatic rings. The van der Waals surface area contributed by atoms with E-state index in [1.807, 2.05) is 32.0 Å². The Bertz CT molecular complexity index is 534. The fourth-order valence-electron chi connectivity index (χ4n) is 1.71. The van der Waals surface area contributed by atoms with E-state index in [1.54, 1.807) is 12.4 Å². The van der Waals surface area contributed by atoms with Gasteiger partial charge in [-0.1, -0.05) is 6.07 Å². The first kappa shape index (κ1) is 12.2. The quantitative estimate of drug-likeness (QED) is 0.773. The van der Waals surface area contributed by atoms with E-state index in [2.05, 4.69) is 20.8 Å². The van der Waals surface area contributed by atoms with E-state index in [9.17, 15) is 4.79 Å². The first-order chi connectivity index (χ1) is 8.70. The molecular weight excluding hydrogens is 228 g/mol. The lowest BCUT2D eigenvalue weighted by Crippen LogP contribution is -2.14. The maximum Gasteiger partial charge on any atom is 0.257 e. The fraction of sp³-hybridized carbons (Fsp3) is 0.231. The highest BCUT2D eigenvalue weighted by Gasteiger charge is 2.11. The molecule has 1 heterocycles. The minimum Gasteiger partial charge on any atom is -0.385 e. The fourth-order valence-corrected chi connectivity index (χ4v) is 1.71. The van der Waals surface area contributed by atoms with Gasteiger partial charge in [0.1, 0.15) is 0 Å². The molecule has 0 spiro atoms. The summed E-state index contributed by atoms with van der Waals surface area (Å²) in [6.45, 7) is 4.77. The van der Waals surface area contributed by atoms with E-state index in [0.717, 1.165) is 17.8 Å². The average Bonchev–Trinajstić information content (AvgIpc) is 2.82. The van der Waals surface area contributed by atoms with Crippen LogP contribution in [0.3, 0.4) is 0 Å². The molecule has 0 saturated carbocycles. The number of nitrogens with zero attached hydrogens (tertiary/aromatic N) is 1. The number of benzene rings is 1. The lowest BCUT2D eigenvalue weighted by atomic mass is 10.1. The SMILES string of the molecule is CCNc1cc(C)ccc1C(=O)Nc1cn[nH]c1. The number of amides is 1. The average molecular weight is 244 g/mol. The van der Waals surface area contributed by atoms with Crippen molar-refractivity contribution in [3.8, 4) is 0 Å². The molecule has 0 radical (unpaired) electrons. The Morgan fingerprint density at radius 3 is 2.94 bits per heavy atom. The molecule has 0 aliphatic rings. The smallest absolute Gasteiger partial charge is 0.257 e. The number of hydrogen-bond donors (Lipinski definition) is 3. The van der Waals surface area contributed by atoms with Gasteiger partial charge < -0.3 is 10.6 Å². The predicted octanol–water partition coefficient (Wildman–Crippen LogP) is 2.40. The lowest BCUT2D eigenvalue weighted by Gasteiger charge is -2.11. The summed E-state index contributed by atoms with van der Waals surface area (Å²) in [5.74, 6) is -0.146. The van der Waals surface area contributed by atoms with Gasteiger partial charge in [0.05, 0.1) is 17.4 Å². The molecule has 3 N–H and O–H groups in total. The molecule has 2 rings (SSSR count). The van der Waals surface area contributed by atoms with Gasteiger partial charge in [0.15, 0.2) is 0 Å². The highest BCUT2D eigenvalue weighted by atomic mass is 16.1. The third-order valence-electron chi connectivity index (χ3n) is 2.54. The van der Waals surface area contributed by atoms with E-state index in [4.69, 9.17) is 0 Å². The second kappa shape index (κ2) is 5.35. The summed E-state index contributed by atoms with van der Waals surface area (Å²) in [6, 6.07) is 5.71. The monoisotopic (exact) mass is 244 g/mol.